The first-order valence-corrected chi connectivity index (χ1v) is 8.65. The first-order chi connectivity index (χ1) is 10.3. The van der Waals surface area contributed by atoms with E-state index in [1.165, 1.54) is 67.6 Å². The fourth-order valence-electron chi connectivity index (χ4n) is 6.02. The zero-order chi connectivity index (χ0) is 14.1. The highest BCUT2D eigenvalue weighted by atomic mass is 16.5. The Morgan fingerprint density at radius 1 is 0.571 bits per heavy atom. The summed E-state index contributed by atoms with van der Waals surface area (Å²) in [6, 6.07) is 0. The van der Waals surface area contributed by atoms with Gasteiger partial charge in [0, 0.05) is 22.3 Å². The van der Waals surface area contributed by atoms with Gasteiger partial charge in [-0.05, 0) is 68.6 Å². The largest absolute Gasteiger partial charge is 0.496 e. The zero-order valence-corrected chi connectivity index (χ0v) is 13.1. The van der Waals surface area contributed by atoms with Crippen LogP contribution in [0.2, 0.25) is 0 Å². The molecule has 0 radical (unpaired) electrons. The molecule has 2 atom stereocenters. The van der Waals surface area contributed by atoms with Crippen LogP contribution in [-0.4, -0.2) is 14.2 Å². The summed E-state index contributed by atoms with van der Waals surface area (Å²) in [4.78, 5) is 0. The van der Waals surface area contributed by atoms with E-state index < -0.39 is 0 Å². The second kappa shape index (κ2) is 4.18. The van der Waals surface area contributed by atoms with E-state index in [0.717, 1.165) is 23.7 Å². The van der Waals surface area contributed by atoms with Crippen molar-refractivity contribution in [3.63, 3.8) is 0 Å². The lowest BCUT2D eigenvalue weighted by Crippen LogP contribution is -2.25. The molecule has 2 nitrogen and oxygen atoms in total. The molecule has 6 rings (SSSR count). The Hall–Kier alpha value is -1.18. The Morgan fingerprint density at radius 3 is 1.29 bits per heavy atom. The topological polar surface area (TPSA) is 18.5 Å². The van der Waals surface area contributed by atoms with Gasteiger partial charge in [-0.1, -0.05) is 0 Å². The Balaban J connectivity index is 1.87. The smallest absolute Gasteiger partial charge is 0.126 e. The minimum atomic E-state index is 0.721. The molecule has 2 fully saturated rings. The van der Waals surface area contributed by atoms with Gasteiger partial charge >= 0.3 is 0 Å². The van der Waals surface area contributed by atoms with Crippen molar-refractivity contribution in [2.45, 2.75) is 68.6 Å². The van der Waals surface area contributed by atoms with Gasteiger partial charge in [0.15, 0.2) is 0 Å². The molecule has 1 aromatic rings. The van der Waals surface area contributed by atoms with Crippen LogP contribution in [0.25, 0.3) is 0 Å². The summed E-state index contributed by atoms with van der Waals surface area (Å²) in [6.45, 7) is 0. The third-order valence-corrected chi connectivity index (χ3v) is 6.76. The van der Waals surface area contributed by atoms with Crippen LogP contribution in [0.4, 0.5) is 0 Å². The number of hydrogen-bond acceptors (Lipinski definition) is 2. The minimum Gasteiger partial charge on any atom is -0.496 e. The Bertz CT molecular complexity index is 558. The highest BCUT2D eigenvalue weighted by Crippen LogP contribution is 2.65. The van der Waals surface area contributed by atoms with Crippen LogP contribution < -0.4 is 9.47 Å². The van der Waals surface area contributed by atoms with Crippen LogP contribution >= 0.6 is 0 Å². The van der Waals surface area contributed by atoms with Gasteiger partial charge < -0.3 is 9.47 Å². The highest BCUT2D eigenvalue weighted by molar-refractivity contribution is 5.67. The second-order valence-corrected chi connectivity index (χ2v) is 7.48. The molecule has 112 valence electrons. The molecule has 5 aliphatic rings. The van der Waals surface area contributed by atoms with E-state index in [1.54, 1.807) is 11.1 Å². The van der Waals surface area contributed by atoms with Crippen LogP contribution in [0, 0.1) is 0 Å². The molecule has 0 heterocycles. The van der Waals surface area contributed by atoms with Crippen molar-refractivity contribution < 1.29 is 9.47 Å². The lowest BCUT2D eigenvalue weighted by atomic mass is 9.64. The summed E-state index contributed by atoms with van der Waals surface area (Å²) in [7, 11) is 3.77. The number of fused-ring (bicyclic) bond motifs is 7. The molecule has 2 saturated carbocycles. The molecule has 0 unspecified atom stereocenters. The van der Waals surface area contributed by atoms with Crippen LogP contribution in [0.15, 0.2) is 0 Å². The predicted molar refractivity (Wildman–Crippen MR) is 82.8 cm³/mol. The molecule has 5 aliphatic carbocycles. The van der Waals surface area contributed by atoms with Crippen molar-refractivity contribution in [1.82, 2.24) is 0 Å². The maximum atomic E-state index is 6.00. The van der Waals surface area contributed by atoms with Gasteiger partial charge in [-0.25, -0.2) is 0 Å². The molecular formula is C19H24O2. The molecule has 0 N–H and O–H groups in total. The van der Waals surface area contributed by atoms with Gasteiger partial charge in [-0.2, -0.15) is 0 Å². The van der Waals surface area contributed by atoms with Gasteiger partial charge in [-0.15, -0.1) is 0 Å². The first-order valence-electron chi connectivity index (χ1n) is 8.65. The highest BCUT2D eigenvalue weighted by Gasteiger charge is 2.47. The van der Waals surface area contributed by atoms with Crippen molar-refractivity contribution in [2.75, 3.05) is 14.2 Å². The summed E-state index contributed by atoms with van der Waals surface area (Å²) in [6.07, 6.45) is 9.44. The number of hydrogen-bond donors (Lipinski definition) is 0. The van der Waals surface area contributed by atoms with Gasteiger partial charge in [0.25, 0.3) is 0 Å². The number of rotatable bonds is 2. The standard InChI is InChI=1S/C19H24O2/c1-20-18-14-10-3-5-11(6-4-10)15(14)19(21-2)17-13-8-7-12(9-13)16(17)18/h10-13H,3-9H2,1-2H3/t10?,11?,12-,13+. The first kappa shape index (κ1) is 12.4. The van der Waals surface area contributed by atoms with E-state index in [2.05, 4.69) is 0 Å². The average Bonchev–Trinajstić information content (AvgIpc) is 3.15. The van der Waals surface area contributed by atoms with Crippen molar-refractivity contribution in [2.24, 2.45) is 0 Å². The van der Waals surface area contributed by atoms with Crippen molar-refractivity contribution in [3.8, 4) is 11.5 Å². The van der Waals surface area contributed by atoms with E-state index in [0.29, 0.717) is 0 Å². The maximum Gasteiger partial charge on any atom is 0.126 e. The molecule has 0 saturated heterocycles. The van der Waals surface area contributed by atoms with Gasteiger partial charge in [0.05, 0.1) is 14.2 Å². The van der Waals surface area contributed by atoms with Crippen molar-refractivity contribution in [1.29, 1.82) is 0 Å². The molecule has 0 aliphatic heterocycles. The molecule has 4 bridgehead atoms. The fourth-order valence-corrected chi connectivity index (χ4v) is 6.02. The van der Waals surface area contributed by atoms with E-state index >= 15 is 0 Å². The van der Waals surface area contributed by atoms with E-state index in [9.17, 15) is 0 Å². The van der Waals surface area contributed by atoms with Crippen molar-refractivity contribution >= 4 is 0 Å². The van der Waals surface area contributed by atoms with Crippen LogP contribution in [0.1, 0.15) is 90.9 Å². The number of benzene rings is 1. The Kier molecular flexibility index (Phi) is 2.46. The summed E-state index contributed by atoms with van der Waals surface area (Å²) in [5, 5.41) is 0. The lowest BCUT2D eigenvalue weighted by Gasteiger charge is -2.41. The van der Waals surface area contributed by atoms with Crippen LogP contribution in [-0.2, 0) is 0 Å². The van der Waals surface area contributed by atoms with Crippen LogP contribution in [0.3, 0.4) is 0 Å². The third kappa shape index (κ3) is 1.39. The monoisotopic (exact) mass is 284 g/mol. The van der Waals surface area contributed by atoms with Gasteiger partial charge in [0.2, 0.25) is 0 Å². The normalized spacial score (nSPS) is 34.8. The predicted octanol–water partition coefficient (Wildman–Crippen LogP) is 4.82. The second-order valence-electron chi connectivity index (χ2n) is 7.48. The summed E-state index contributed by atoms with van der Waals surface area (Å²) < 4.78 is 12.0. The Labute approximate surface area is 126 Å². The summed E-state index contributed by atoms with van der Waals surface area (Å²) >= 11 is 0. The van der Waals surface area contributed by atoms with Crippen molar-refractivity contribution in [3.05, 3.63) is 22.3 Å². The minimum absolute atomic E-state index is 0.721. The number of ether oxygens (including phenoxy) is 2. The quantitative estimate of drug-likeness (QED) is 0.775. The third-order valence-electron chi connectivity index (χ3n) is 6.76. The fraction of sp³-hybridized carbons (Fsp3) is 0.684. The maximum absolute atomic E-state index is 6.00. The molecule has 2 heteroatoms. The Morgan fingerprint density at radius 2 is 0.905 bits per heavy atom. The molecule has 0 aromatic heterocycles. The van der Waals surface area contributed by atoms with E-state index in [-0.39, 0.29) is 0 Å². The SMILES string of the molecule is COc1c2c(c(OC)c3c1[C@@H]1CC[C@H]3C1)C1CCC2CC1. The molecular weight excluding hydrogens is 260 g/mol. The van der Waals surface area contributed by atoms with E-state index in [4.69, 9.17) is 9.47 Å². The van der Waals surface area contributed by atoms with Crippen LogP contribution in [0.5, 0.6) is 11.5 Å². The van der Waals surface area contributed by atoms with Gasteiger partial charge in [-0.3, -0.25) is 0 Å². The molecule has 0 amide bonds. The summed E-state index contributed by atoms with van der Waals surface area (Å²) in [5.41, 5.74) is 6.17. The number of methoxy groups -OCH3 is 2. The van der Waals surface area contributed by atoms with Gasteiger partial charge in [0.1, 0.15) is 11.5 Å². The lowest BCUT2D eigenvalue weighted by molar-refractivity contribution is 0.313. The molecule has 21 heavy (non-hydrogen) atoms. The molecule has 1 aromatic carbocycles. The summed E-state index contributed by atoms with van der Waals surface area (Å²) in [5.74, 6) is 5.44. The average molecular weight is 284 g/mol. The zero-order valence-electron chi connectivity index (χ0n) is 13.1. The molecule has 0 spiro atoms. The van der Waals surface area contributed by atoms with E-state index in [1.807, 2.05) is 14.2 Å².